The molecular formula is C13H16BrNO2. The smallest absolute Gasteiger partial charge is 0.219 e. The quantitative estimate of drug-likeness (QED) is 0.839. The first-order valence-corrected chi connectivity index (χ1v) is 6.53. The molecule has 1 fully saturated rings. The van der Waals surface area contributed by atoms with E-state index in [1.807, 2.05) is 23.1 Å². The van der Waals surface area contributed by atoms with Crippen molar-refractivity contribution < 1.29 is 9.53 Å². The van der Waals surface area contributed by atoms with Crippen molar-refractivity contribution in [2.24, 2.45) is 0 Å². The summed E-state index contributed by atoms with van der Waals surface area (Å²) in [6.07, 6.45) is 2.06. The molecule has 1 aliphatic rings. The van der Waals surface area contributed by atoms with E-state index in [0.717, 1.165) is 35.2 Å². The Hall–Kier alpha value is -1.03. The highest BCUT2D eigenvalue weighted by Crippen LogP contribution is 2.38. The molecule has 1 amide bonds. The van der Waals surface area contributed by atoms with Crippen LogP contribution in [0, 0.1) is 0 Å². The van der Waals surface area contributed by atoms with E-state index in [0.29, 0.717) is 0 Å². The van der Waals surface area contributed by atoms with Gasteiger partial charge in [-0.05, 0) is 31.0 Å². The molecule has 2 rings (SSSR count). The third kappa shape index (κ3) is 2.46. The molecular weight excluding hydrogens is 282 g/mol. The molecule has 4 heteroatoms. The van der Waals surface area contributed by atoms with Gasteiger partial charge >= 0.3 is 0 Å². The predicted octanol–water partition coefficient (Wildman–Crippen LogP) is 3.14. The maximum Gasteiger partial charge on any atom is 0.219 e. The van der Waals surface area contributed by atoms with Gasteiger partial charge in [0.1, 0.15) is 5.75 Å². The fraction of sp³-hybridized carbons (Fsp3) is 0.462. The number of benzene rings is 1. The van der Waals surface area contributed by atoms with Crippen LogP contribution in [0.25, 0.3) is 0 Å². The topological polar surface area (TPSA) is 29.5 Å². The van der Waals surface area contributed by atoms with Crippen molar-refractivity contribution in [2.75, 3.05) is 13.7 Å². The van der Waals surface area contributed by atoms with E-state index in [-0.39, 0.29) is 11.9 Å². The minimum Gasteiger partial charge on any atom is -0.496 e. The number of ether oxygens (including phenoxy) is 1. The van der Waals surface area contributed by atoms with Crippen molar-refractivity contribution in [1.29, 1.82) is 0 Å². The lowest BCUT2D eigenvalue weighted by Crippen LogP contribution is -2.28. The normalized spacial score (nSPS) is 19.5. The van der Waals surface area contributed by atoms with Crippen LogP contribution < -0.4 is 4.74 Å². The molecule has 0 bridgehead atoms. The third-order valence-corrected chi connectivity index (χ3v) is 3.70. The lowest BCUT2D eigenvalue weighted by atomic mass is 10.0. The number of halogens is 1. The van der Waals surface area contributed by atoms with Gasteiger partial charge in [-0.1, -0.05) is 15.9 Å². The molecule has 1 aromatic rings. The number of nitrogens with zero attached hydrogens (tertiary/aromatic N) is 1. The van der Waals surface area contributed by atoms with Gasteiger partial charge in [0.05, 0.1) is 13.2 Å². The molecule has 92 valence electrons. The van der Waals surface area contributed by atoms with Crippen LogP contribution in [0.3, 0.4) is 0 Å². The Morgan fingerprint density at radius 2 is 2.29 bits per heavy atom. The first kappa shape index (κ1) is 12.4. The van der Waals surface area contributed by atoms with Gasteiger partial charge in [-0.3, -0.25) is 4.79 Å². The maximum absolute atomic E-state index is 11.6. The molecule has 3 nitrogen and oxygen atoms in total. The van der Waals surface area contributed by atoms with Crippen molar-refractivity contribution in [3.8, 4) is 5.75 Å². The summed E-state index contributed by atoms with van der Waals surface area (Å²) >= 11 is 3.47. The number of rotatable bonds is 2. The van der Waals surface area contributed by atoms with E-state index in [2.05, 4.69) is 15.9 Å². The first-order chi connectivity index (χ1) is 8.13. The summed E-state index contributed by atoms with van der Waals surface area (Å²) in [5, 5.41) is 0. The van der Waals surface area contributed by atoms with Crippen molar-refractivity contribution >= 4 is 21.8 Å². The zero-order valence-corrected chi connectivity index (χ0v) is 11.7. The molecule has 1 saturated heterocycles. The van der Waals surface area contributed by atoms with Crippen LogP contribution in [-0.4, -0.2) is 24.5 Å². The Morgan fingerprint density at radius 3 is 2.94 bits per heavy atom. The van der Waals surface area contributed by atoms with E-state index in [1.54, 1.807) is 14.0 Å². The highest BCUT2D eigenvalue weighted by molar-refractivity contribution is 9.10. The molecule has 0 radical (unpaired) electrons. The highest BCUT2D eigenvalue weighted by atomic mass is 79.9. The molecule has 0 N–H and O–H groups in total. The number of carbonyl (C=O) groups excluding carboxylic acids is 1. The second-order valence-electron chi connectivity index (χ2n) is 4.26. The lowest BCUT2D eigenvalue weighted by molar-refractivity contribution is -0.129. The van der Waals surface area contributed by atoms with Crippen LogP contribution in [0.15, 0.2) is 22.7 Å². The number of amides is 1. The highest BCUT2D eigenvalue weighted by Gasteiger charge is 2.29. The van der Waals surface area contributed by atoms with Gasteiger partial charge in [-0.15, -0.1) is 0 Å². The van der Waals surface area contributed by atoms with E-state index >= 15 is 0 Å². The Labute approximate surface area is 110 Å². The number of likely N-dealkylation sites (tertiary alicyclic amines) is 1. The second-order valence-corrected chi connectivity index (χ2v) is 5.17. The van der Waals surface area contributed by atoms with E-state index in [4.69, 9.17) is 4.74 Å². The Morgan fingerprint density at radius 1 is 1.53 bits per heavy atom. The average Bonchev–Trinajstić information content (AvgIpc) is 2.77. The van der Waals surface area contributed by atoms with Crippen molar-refractivity contribution in [1.82, 2.24) is 4.90 Å². The van der Waals surface area contributed by atoms with Crippen molar-refractivity contribution in [3.63, 3.8) is 0 Å². The maximum atomic E-state index is 11.6. The fourth-order valence-corrected chi connectivity index (χ4v) is 2.81. The summed E-state index contributed by atoms with van der Waals surface area (Å²) in [7, 11) is 1.67. The van der Waals surface area contributed by atoms with Crippen LogP contribution in [0.4, 0.5) is 0 Å². The Balaban J connectivity index is 2.38. The SMILES string of the molecule is COc1ccc(Br)cc1[C@H]1CCCN1C(C)=O. The number of methoxy groups -OCH3 is 1. The van der Waals surface area contributed by atoms with Crippen LogP contribution in [0.1, 0.15) is 31.4 Å². The fourth-order valence-electron chi connectivity index (χ4n) is 2.43. The van der Waals surface area contributed by atoms with Crippen molar-refractivity contribution in [2.45, 2.75) is 25.8 Å². The molecule has 1 atom stereocenters. The molecule has 17 heavy (non-hydrogen) atoms. The van der Waals surface area contributed by atoms with Gasteiger partial charge in [-0.25, -0.2) is 0 Å². The van der Waals surface area contributed by atoms with Crippen LogP contribution >= 0.6 is 15.9 Å². The lowest BCUT2D eigenvalue weighted by Gasteiger charge is -2.25. The first-order valence-electron chi connectivity index (χ1n) is 5.74. The summed E-state index contributed by atoms with van der Waals surface area (Å²) in [4.78, 5) is 13.5. The number of carbonyl (C=O) groups is 1. The standard InChI is InChI=1S/C13H16BrNO2/c1-9(16)15-7-3-4-12(15)11-8-10(14)5-6-13(11)17-2/h5-6,8,12H,3-4,7H2,1-2H3/t12-/m1/s1. The summed E-state index contributed by atoms with van der Waals surface area (Å²) in [6, 6.07) is 6.09. The van der Waals surface area contributed by atoms with Gasteiger partial charge in [0.25, 0.3) is 0 Å². The van der Waals surface area contributed by atoms with Crippen LogP contribution in [0.2, 0.25) is 0 Å². The second kappa shape index (κ2) is 5.08. The van der Waals surface area contributed by atoms with Crippen LogP contribution in [-0.2, 0) is 4.79 Å². The van der Waals surface area contributed by atoms with E-state index in [9.17, 15) is 4.79 Å². The van der Waals surface area contributed by atoms with E-state index in [1.165, 1.54) is 0 Å². The van der Waals surface area contributed by atoms with Gasteiger partial charge < -0.3 is 9.64 Å². The van der Waals surface area contributed by atoms with Gasteiger partial charge in [0.15, 0.2) is 0 Å². The zero-order valence-electron chi connectivity index (χ0n) is 10.1. The Kier molecular flexibility index (Phi) is 3.72. The van der Waals surface area contributed by atoms with E-state index < -0.39 is 0 Å². The number of hydrogen-bond acceptors (Lipinski definition) is 2. The monoisotopic (exact) mass is 297 g/mol. The summed E-state index contributed by atoms with van der Waals surface area (Å²) in [6.45, 7) is 2.47. The van der Waals surface area contributed by atoms with Gasteiger partial charge in [0, 0.05) is 23.5 Å². The predicted molar refractivity (Wildman–Crippen MR) is 70.1 cm³/mol. The molecule has 0 aromatic heterocycles. The minimum absolute atomic E-state index is 0.134. The zero-order chi connectivity index (χ0) is 12.4. The summed E-state index contributed by atoms with van der Waals surface area (Å²) in [5.74, 6) is 0.987. The molecule has 1 heterocycles. The minimum atomic E-state index is 0.134. The molecule has 1 aromatic carbocycles. The average molecular weight is 298 g/mol. The molecule has 0 spiro atoms. The Bertz CT molecular complexity index is 433. The molecule has 0 saturated carbocycles. The largest absolute Gasteiger partial charge is 0.496 e. The number of hydrogen-bond donors (Lipinski definition) is 0. The van der Waals surface area contributed by atoms with Gasteiger partial charge in [-0.2, -0.15) is 0 Å². The molecule has 0 unspecified atom stereocenters. The molecule has 0 aliphatic carbocycles. The van der Waals surface area contributed by atoms with Crippen molar-refractivity contribution in [3.05, 3.63) is 28.2 Å². The third-order valence-electron chi connectivity index (χ3n) is 3.21. The summed E-state index contributed by atoms with van der Waals surface area (Å²) in [5.41, 5.74) is 1.09. The van der Waals surface area contributed by atoms with Gasteiger partial charge in [0.2, 0.25) is 5.91 Å². The van der Waals surface area contributed by atoms with Crippen LogP contribution in [0.5, 0.6) is 5.75 Å². The molecule has 1 aliphatic heterocycles. The summed E-state index contributed by atoms with van der Waals surface area (Å²) < 4.78 is 6.40.